The molecule has 242 valence electrons. The van der Waals surface area contributed by atoms with E-state index in [0.29, 0.717) is 42.3 Å². The molecule has 1 N–H and O–H groups in total. The average Bonchev–Trinajstić information content (AvgIpc) is 3.48. The van der Waals surface area contributed by atoms with Crippen LogP contribution in [0.3, 0.4) is 0 Å². The molecule has 0 bridgehead atoms. The Kier molecular flexibility index (Phi) is 8.47. The molecule has 0 fully saturated rings. The SMILES string of the molecule is Cc1c(-c2cc(OCC(O[Si](C)(C)C(C)(C)C)c3ccc(F)cn3)c3c(O)cnn3c2)nn2c1CN(C(=O)OC(C)(C)C)CC2. The lowest BCUT2D eigenvalue weighted by atomic mass is 10.1. The molecule has 0 aliphatic carbocycles. The Morgan fingerprint density at radius 3 is 2.51 bits per heavy atom. The molecule has 4 aromatic rings. The number of nitrogens with zero attached hydrogens (tertiary/aromatic N) is 6. The van der Waals surface area contributed by atoms with E-state index in [9.17, 15) is 14.3 Å². The number of halogens is 1. The zero-order valence-corrected chi connectivity index (χ0v) is 28.5. The summed E-state index contributed by atoms with van der Waals surface area (Å²) in [5.74, 6) is -0.0851. The van der Waals surface area contributed by atoms with Gasteiger partial charge in [-0.1, -0.05) is 20.8 Å². The largest absolute Gasteiger partial charge is 0.504 e. The highest BCUT2D eigenvalue weighted by atomic mass is 28.4. The van der Waals surface area contributed by atoms with Crippen molar-refractivity contribution in [2.45, 2.75) is 91.4 Å². The van der Waals surface area contributed by atoms with Crippen LogP contribution in [0.15, 0.2) is 36.8 Å². The average molecular weight is 639 g/mol. The van der Waals surface area contributed by atoms with E-state index in [1.165, 1.54) is 18.5 Å². The Morgan fingerprint density at radius 2 is 1.87 bits per heavy atom. The number of aromatic hydroxyl groups is 1. The highest BCUT2D eigenvalue weighted by Gasteiger charge is 2.40. The minimum absolute atomic E-state index is 0.0350. The second kappa shape index (κ2) is 11.8. The normalized spacial score (nSPS) is 14.8. The minimum Gasteiger partial charge on any atom is -0.504 e. The van der Waals surface area contributed by atoms with E-state index in [1.54, 1.807) is 21.7 Å². The Labute approximate surface area is 264 Å². The predicted octanol–water partition coefficient (Wildman–Crippen LogP) is 6.64. The molecular formula is C32H43FN6O5Si. The van der Waals surface area contributed by atoms with Crippen molar-refractivity contribution < 1.29 is 28.2 Å². The third kappa shape index (κ3) is 6.83. The summed E-state index contributed by atoms with van der Waals surface area (Å²) in [6, 6.07) is 4.79. The summed E-state index contributed by atoms with van der Waals surface area (Å²) in [5, 5.41) is 19.8. The number of carbonyl (C=O) groups is 1. The van der Waals surface area contributed by atoms with Gasteiger partial charge in [-0.05, 0) is 64.0 Å². The molecule has 0 spiro atoms. The first-order chi connectivity index (χ1) is 20.9. The second-order valence-corrected chi connectivity index (χ2v) is 18.8. The third-order valence-corrected chi connectivity index (χ3v) is 12.9. The van der Waals surface area contributed by atoms with Gasteiger partial charge < -0.3 is 23.9 Å². The number of amides is 1. The first kappa shape index (κ1) is 32.4. The van der Waals surface area contributed by atoms with Crippen LogP contribution in [0.5, 0.6) is 11.5 Å². The van der Waals surface area contributed by atoms with Gasteiger partial charge in [0, 0.05) is 23.9 Å². The van der Waals surface area contributed by atoms with Crippen molar-refractivity contribution in [2.24, 2.45) is 0 Å². The Morgan fingerprint density at radius 1 is 1.13 bits per heavy atom. The Bertz CT molecular complexity index is 1700. The van der Waals surface area contributed by atoms with Crippen LogP contribution in [0.25, 0.3) is 16.8 Å². The molecule has 0 saturated heterocycles. The predicted molar refractivity (Wildman–Crippen MR) is 170 cm³/mol. The number of ether oxygens (including phenoxy) is 2. The molecule has 0 radical (unpaired) electrons. The van der Waals surface area contributed by atoms with Crippen LogP contribution in [-0.4, -0.2) is 67.5 Å². The number of fused-ring (bicyclic) bond motifs is 2. The Hall–Kier alpha value is -3.97. The van der Waals surface area contributed by atoms with Gasteiger partial charge in [0.05, 0.1) is 42.6 Å². The molecular weight excluding hydrogens is 595 g/mol. The molecule has 11 nitrogen and oxygen atoms in total. The number of pyridine rings is 2. The van der Waals surface area contributed by atoms with Crippen LogP contribution in [-0.2, 0) is 22.3 Å². The highest BCUT2D eigenvalue weighted by molar-refractivity contribution is 6.74. The van der Waals surface area contributed by atoms with E-state index in [2.05, 4.69) is 43.9 Å². The Balaban J connectivity index is 1.47. The topological polar surface area (TPSA) is 116 Å². The van der Waals surface area contributed by atoms with Crippen molar-refractivity contribution in [3.63, 3.8) is 0 Å². The van der Waals surface area contributed by atoms with E-state index in [0.717, 1.165) is 16.8 Å². The van der Waals surface area contributed by atoms with Crippen molar-refractivity contribution in [3.05, 3.63) is 59.6 Å². The zero-order chi connectivity index (χ0) is 32.9. The lowest BCUT2D eigenvalue weighted by Crippen LogP contribution is -2.43. The zero-order valence-electron chi connectivity index (χ0n) is 27.5. The van der Waals surface area contributed by atoms with Crippen molar-refractivity contribution in [1.82, 2.24) is 29.3 Å². The summed E-state index contributed by atoms with van der Waals surface area (Å²) in [6.45, 7) is 19.7. The molecule has 1 atom stereocenters. The maximum Gasteiger partial charge on any atom is 0.410 e. The van der Waals surface area contributed by atoms with Crippen LogP contribution in [0.2, 0.25) is 18.1 Å². The number of hydrogen-bond donors (Lipinski definition) is 1. The molecule has 0 saturated carbocycles. The van der Waals surface area contributed by atoms with Crippen LogP contribution in [0, 0.1) is 12.7 Å². The van der Waals surface area contributed by atoms with E-state index < -0.39 is 25.8 Å². The van der Waals surface area contributed by atoms with Gasteiger partial charge in [-0.2, -0.15) is 10.2 Å². The van der Waals surface area contributed by atoms with Gasteiger partial charge in [0.2, 0.25) is 0 Å². The fourth-order valence-electron chi connectivity index (χ4n) is 4.97. The quantitative estimate of drug-likeness (QED) is 0.224. The van der Waals surface area contributed by atoms with E-state index in [-0.39, 0.29) is 23.5 Å². The van der Waals surface area contributed by atoms with Crippen LogP contribution in [0.4, 0.5) is 9.18 Å². The van der Waals surface area contributed by atoms with Gasteiger partial charge in [-0.3, -0.25) is 9.67 Å². The summed E-state index contributed by atoms with van der Waals surface area (Å²) in [6.07, 6.45) is 3.39. The standard InChI is InChI=1S/C32H43FN6O5Si/c1-20-24-18-37(30(41)43-31(2,3)4)12-13-38(24)36-28(20)21-14-26(29-25(40)16-35-39(29)17-21)42-19-27(23-11-10-22(33)15-34-23)44-45(8,9)32(5,6)7/h10-11,14-17,27,40H,12-13,18-19H2,1-9H3. The fraction of sp³-hybridized carbons (Fsp3) is 0.500. The van der Waals surface area contributed by atoms with Gasteiger partial charge in [0.15, 0.2) is 14.1 Å². The number of carbonyl (C=O) groups excluding carboxylic acids is 1. The van der Waals surface area contributed by atoms with Crippen LogP contribution < -0.4 is 4.74 Å². The van der Waals surface area contributed by atoms with Gasteiger partial charge in [-0.15, -0.1) is 0 Å². The molecule has 1 unspecified atom stereocenters. The lowest BCUT2D eigenvalue weighted by Gasteiger charge is -2.39. The number of aromatic nitrogens is 5. The van der Waals surface area contributed by atoms with Crippen LogP contribution >= 0.6 is 0 Å². The molecule has 1 amide bonds. The maximum atomic E-state index is 13.8. The monoisotopic (exact) mass is 638 g/mol. The first-order valence-electron chi connectivity index (χ1n) is 15.1. The van der Waals surface area contributed by atoms with Gasteiger partial charge >= 0.3 is 6.09 Å². The van der Waals surface area contributed by atoms with Crippen LogP contribution in [0.1, 0.15) is 64.6 Å². The lowest BCUT2D eigenvalue weighted by molar-refractivity contribution is 0.0194. The van der Waals surface area contributed by atoms with E-state index in [1.807, 2.05) is 38.4 Å². The molecule has 4 aromatic heterocycles. The summed E-state index contributed by atoms with van der Waals surface area (Å²) in [4.78, 5) is 18.8. The molecule has 5 heterocycles. The van der Waals surface area contributed by atoms with Crippen molar-refractivity contribution in [2.75, 3.05) is 13.2 Å². The van der Waals surface area contributed by atoms with Crippen molar-refractivity contribution >= 4 is 19.9 Å². The number of hydrogen-bond acceptors (Lipinski definition) is 8. The second-order valence-electron chi connectivity index (χ2n) is 14.0. The molecule has 5 rings (SSSR count). The smallest absolute Gasteiger partial charge is 0.410 e. The van der Waals surface area contributed by atoms with Gasteiger partial charge in [0.1, 0.15) is 35.4 Å². The van der Waals surface area contributed by atoms with E-state index >= 15 is 0 Å². The van der Waals surface area contributed by atoms with Crippen molar-refractivity contribution in [1.29, 1.82) is 0 Å². The maximum absolute atomic E-state index is 13.8. The minimum atomic E-state index is -2.29. The summed E-state index contributed by atoms with van der Waals surface area (Å²) < 4.78 is 35.9. The van der Waals surface area contributed by atoms with E-state index in [4.69, 9.17) is 19.0 Å². The molecule has 13 heteroatoms. The van der Waals surface area contributed by atoms with Gasteiger partial charge in [0.25, 0.3) is 0 Å². The molecule has 1 aliphatic rings. The highest BCUT2D eigenvalue weighted by Crippen LogP contribution is 2.40. The summed E-state index contributed by atoms with van der Waals surface area (Å²) >= 11 is 0. The van der Waals surface area contributed by atoms with Crippen molar-refractivity contribution in [3.8, 4) is 22.8 Å². The molecule has 0 aromatic carbocycles. The molecule has 1 aliphatic heterocycles. The molecule has 45 heavy (non-hydrogen) atoms. The fourth-order valence-corrected chi connectivity index (χ4v) is 6.22. The summed E-state index contributed by atoms with van der Waals surface area (Å²) in [5.41, 5.74) is 3.64. The summed E-state index contributed by atoms with van der Waals surface area (Å²) in [7, 11) is -2.29. The third-order valence-electron chi connectivity index (χ3n) is 8.44. The van der Waals surface area contributed by atoms with Gasteiger partial charge in [-0.25, -0.2) is 13.7 Å². The number of rotatable bonds is 7. The first-order valence-corrected chi connectivity index (χ1v) is 18.0.